The zero-order valence-electron chi connectivity index (χ0n) is 7.85. The van der Waals surface area contributed by atoms with Crippen LogP contribution in [0.2, 0.25) is 0 Å². The van der Waals surface area contributed by atoms with Crippen molar-refractivity contribution in [1.82, 2.24) is 0 Å². The summed E-state index contributed by atoms with van der Waals surface area (Å²) in [5.41, 5.74) is 3.26. The lowest BCUT2D eigenvalue weighted by atomic mass is 9.81. The van der Waals surface area contributed by atoms with Gasteiger partial charge in [0.05, 0.1) is 0 Å². The third kappa shape index (κ3) is 1.74. The first kappa shape index (κ1) is 8.58. The van der Waals surface area contributed by atoms with Crippen LogP contribution in [0.5, 0.6) is 0 Å². The zero-order valence-corrected chi connectivity index (χ0v) is 7.85. The average molecular weight is 150 g/mol. The van der Waals surface area contributed by atoms with Crippen LogP contribution in [0.1, 0.15) is 40.0 Å². The summed E-state index contributed by atoms with van der Waals surface area (Å²) < 4.78 is 0. The van der Waals surface area contributed by atoms with Crippen molar-refractivity contribution >= 4 is 0 Å². The minimum absolute atomic E-state index is 0.721. The first-order valence-electron chi connectivity index (χ1n) is 4.59. The Bertz CT molecular complexity index is 164. The lowest BCUT2D eigenvalue weighted by Gasteiger charge is -2.24. The largest absolute Gasteiger partial charge is 0.0879 e. The molecule has 0 unspecified atom stereocenters. The molecule has 0 aromatic heterocycles. The molecule has 1 aliphatic carbocycles. The Balaban J connectivity index is 2.75. The molecule has 0 nitrogen and oxygen atoms in total. The van der Waals surface area contributed by atoms with Crippen LogP contribution < -0.4 is 0 Å². The second-order valence-corrected chi connectivity index (χ2v) is 3.30. The Morgan fingerprint density at radius 3 is 1.91 bits per heavy atom. The van der Waals surface area contributed by atoms with Crippen LogP contribution >= 0.6 is 0 Å². The normalized spacial score (nSPS) is 28.3. The van der Waals surface area contributed by atoms with E-state index in [1.54, 1.807) is 11.1 Å². The molecule has 1 saturated carbocycles. The second kappa shape index (κ2) is 3.75. The summed E-state index contributed by atoms with van der Waals surface area (Å²) >= 11 is 0. The molecule has 0 aromatic carbocycles. The molecule has 11 heavy (non-hydrogen) atoms. The van der Waals surface area contributed by atoms with Gasteiger partial charge in [-0.1, -0.05) is 30.2 Å². The summed E-state index contributed by atoms with van der Waals surface area (Å²) in [6.07, 6.45) is 8.55. The Morgan fingerprint density at radius 1 is 1.09 bits per heavy atom. The molecule has 1 fully saturated rings. The Morgan fingerprint density at radius 2 is 1.55 bits per heavy atom. The molecular weight excluding hydrogens is 132 g/mol. The maximum Gasteiger partial charge on any atom is -0.00217 e. The maximum absolute atomic E-state index is 2.32. The van der Waals surface area contributed by atoms with Crippen LogP contribution in [0.15, 0.2) is 23.3 Å². The third-order valence-corrected chi connectivity index (χ3v) is 2.78. The summed E-state index contributed by atoms with van der Waals surface area (Å²) in [5, 5.41) is 0. The number of rotatable bonds is 0. The van der Waals surface area contributed by atoms with Crippen molar-refractivity contribution in [2.45, 2.75) is 40.0 Å². The minimum atomic E-state index is 0.721. The molecule has 0 aliphatic heterocycles. The average Bonchev–Trinajstić information content (AvgIpc) is 2.05. The van der Waals surface area contributed by atoms with Crippen molar-refractivity contribution in [3.05, 3.63) is 23.3 Å². The van der Waals surface area contributed by atoms with Crippen LogP contribution in [-0.4, -0.2) is 0 Å². The van der Waals surface area contributed by atoms with E-state index in [9.17, 15) is 0 Å². The van der Waals surface area contributed by atoms with Crippen molar-refractivity contribution in [1.29, 1.82) is 0 Å². The minimum Gasteiger partial charge on any atom is -0.0879 e. The molecule has 0 aromatic rings. The van der Waals surface area contributed by atoms with Crippen LogP contribution in [0.25, 0.3) is 0 Å². The van der Waals surface area contributed by atoms with E-state index in [0.29, 0.717) is 0 Å². The Hall–Kier alpha value is -0.520. The Kier molecular flexibility index (Phi) is 2.92. The highest BCUT2D eigenvalue weighted by atomic mass is 14.2. The van der Waals surface area contributed by atoms with Crippen molar-refractivity contribution in [2.75, 3.05) is 0 Å². The molecule has 0 saturated heterocycles. The second-order valence-electron chi connectivity index (χ2n) is 3.30. The third-order valence-electron chi connectivity index (χ3n) is 2.78. The van der Waals surface area contributed by atoms with Crippen LogP contribution in [0, 0.1) is 5.92 Å². The van der Waals surface area contributed by atoms with Gasteiger partial charge in [-0.15, -0.1) is 0 Å². The quantitative estimate of drug-likeness (QED) is 0.462. The predicted octanol–water partition coefficient (Wildman–Crippen LogP) is 3.70. The highest BCUT2D eigenvalue weighted by Crippen LogP contribution is 2.33. The van der Waals surface area contributed by atoms with E-state index in [1.807, 2.05) is 0 Å². The summed E-state index contributed by atoms with van der Waals surface area (Å²) in [5.74, 6) is 0.721. The van der Waals surface area contributed by atoms with Crippen molar-refractivity contribution < 1.29 is 0 Å². The van der Waals surface area contributed by atoms with Gasteiger partial charge >= 0.3 is 0 Å². The fraction of sp³-hybridized carbons (Fsp3) is 0.636. The van der Waals surface area contributed by atoms with Gasteiger partial charge in [0.2, 0.25) is 0 Å². The number of hydrogen-bond acceptors (Lipinski definition) is 0. The van der Waals surface area contributed by atoms with Gasteiger partial charge in [-0.05, 0) is 39.0 Å². The molecule has 0 N–H and O–H groups in total. The highest BCUT2D eigenvalue weighted by Gasteiger charge is 2.17. The summed E-state index contributed by atoms with van der Waals surface area (Å²) in [6.45, 7) is 6.64. The van der Waals surface area contributed by atoms with E-state index in [4.69, 9.17) is 0 Å². The Labute approximate surface area is 70.0 Å². The lowest BCUT2D eigenvalue weighted by molar-refractivity contribution is 0.601. The van der Waals surface area contributed by atoms with Gasteiger partial charge < -0.3 is 0 Å². The van der Waals surface area contributed by atoms with Gasteiger partial charge in [-0.3, -0.25) is 0 Å². The summed E-state index contributed by atoms with van der Waals surface area (Å²) in [4.78, 5) is 0. The van der Waals surface area contributed by atoms with Crippen LogP contribution in [0.4, 0.5) is 0 Å². The number of hydrogen-bond donors (Lipinski definition) is 0. The van der Waals surface area contributed by atoms with Gasteiger partial charge in [-0.25, -0.2) is 0 Å². The topological polar surface area (TPSA) is 0 Å². The highest BCUT2D eigenvalue weighted by molar-refractivity contribution is 5.22. The monoisotopic (exact) mass is 150 g/mol. The van der Waals surface area contributed by atoms with E-state index in [-0.39, 0.29) is 0 Å². The first-order valence-corrected chi connectivity index (χ1v) is 4.59. The molecule has 0 spiro atoms. The molecular formula is C11H18. The van der Waals surface area contributed by atoms with E-state index >= 15 is 0 Å². The van der Waals surface area contributed by atoms with E-state index < -0.39 is 0 Å². The van der Waals surface area contributed by atoms with Crippen LogP contribution in [-0.2, 0) is 0 Å². The van der Waals surface area contributed by atoms with E-state index in [0.717, 1.165) is 5.92 Å². The molecule has 0 heteroatoms. The molecule has 0 atom stereocenters. The smallest absolute Gasteiger partial charge is 0.00217 e. The number of allylic oxidation sites excluding steroid dienone is 4. The van der Waals surface area contributed by atoms with E-state index in [1.165, 1.54) is 19.3 Å². The van der Waals surface area contributed by atoms with Gasteiger partial charge in [0.15, 0.2) is 0 Å². The van der Waals surface area contributed by atoms with Gasteiger partial charge in [0.1, 0.15) is 0 Å². The fourth-order valence-electron chi connectivity index (χ4n) is 1.96. The van der Waals surface area contributed by atoms with Crippen LogP contribution in [0.3, 0.4) is 0 Å². The van der Waals surface area contributed by atoms with Gasteiger partial charge in [0, 0.05) is 0 Å². The maximum atomic E-state index is 2.32. The summed E-state index contributed by atoms with van der Waals surface area (Å²) in [7, 11) is 0. The van der Waals surface area contributed by atoms with E-state index in [2.05, 4.69) is 32.9 Å². The molecule has 0 heterocycles. The fourth-order valence-corrected chi connectivity index (χ4v) is 1.96. The molecule has 62 valence electrons. The SMILES string of the molecule is C/C=C1\CCC/C(=C\C)C1C. The van der Waals surface area contributed by atoms with Crippen molar-refractivity contribution in [3.63, 3.8) is 0 Å². The lowest BCUT2D eigenvalue weighted by Crippen LogP contribution is -2.09. The summed E-state index contributed by atoms with van der Waals surface area (Å²) in [6, 6.07) is 0. The van der Waals surface area contributed by atoms with Gasteiger partial charge in [-0.2, -0.15) is 0 Å². The molecule has 1 aliphatic rings. The van der Waals surface area contributed by atoms with Crippen molar-refractivity contribution in [2.24, 2.45) is 5.92 Å². The zero-order chi connectivity index (χ0) is 8.27. The van der Waals surface area contributed by atoms with Crippen molar-refractivity contribution in [3.8, 4) is 0 Å². The first-order chi connectivity index (χ1) is 5.29. The standard InChI is InChI=1S/C11H18/c1-4-10-7-6-8-11(5-2)9(10)3/h4-5,9H,6-8H2,1-3H3/b10-4+,11-5+. The molecule has 0 amide bonds. The van der Waals surface area contributed by atoms with Gasteiger partial charge in [0.25, 0.3) is 0 Å². The predicted molar refractivity (Wildman–Crippen MR) is 50.5 cm³/mol. The molecule has 0 radical (unpaired) electrons. The molecule has 1 rings (SSSR count). The molecule has 0 bridgehead atoms.